The summed E-state index contributed by atoms with van der Waals surface area (Å²) in [7, 11) is -3.46. The van der Waals surface area contributed by atoms with Crippen LogP contribution in [-0.2, 0) is 14.8 Å². The Kier molecular flexibility index (Phi) is 7.21. The molecule has 1 aliphatic rings. The van der Waals surface area contributed by atoms with Gasteiger partial charge in [-0.1, -0.05) is 26.0 Å². The number of benzene rings is 1. The van der Waals surface area contributed by atoms with Crippen molar-refractivity contribution >= 4 is 33.3 Å². The molecule has 0 aliphatic carbocycles. The Morgan fingerprint density at radius 2 is 2.00 bits per heavy atom. The summed E-state index contributed by atoms with van der Waals surface area (Å²) < 4.78 is 26.5. The maximum atomic E-state index is 12.6. The third-order valence-electron chi connectivity index (χ3n) is 5.18. The fourth-order valence-electron chi connectivity index (χ4n) is 3.55. The zero-order valence-corrected chi connectivity index (χ0v) is 18.5. The number of aromatic nitrogens is 1. The Morgan fingerprint density at radius 3 is 2.62 bits per heavy atom. The minimum absolute atomic E-state index is 0.0221. The Bertz CT molecular complexity index is 934. The van der Waals surface area contributed by atoms with Gasteiger partial charge in [-0.2, -0.15) is 4.31 Å². The predicted octanol–water partition coefficient (Wildman–Crippen LogP) is 3.59. The Labute approximate surface area is 176 Å². The Morgan fingerprint density at radius 1 is 1.28 bits per heavy atom. The van der Waals surface area contributed by atoms with Crippen LogP contribution in [0.5, 0.6) is 0 Å². The molecular formula is C21H27N3O3S2. The summed E-state index contributed by atoms with van der Waals surface area (Å²) in [6.07, 6.45) is 7.15. The summed E-state index contributed by atoms with van der Waals surface area (Å²) in [6, 6.07) is 6.65. The van der Waals surface area contributed by atoms with Crippen molar-refractivity contribution in [2.75, 3.05) is 26.2 Å². The summed E-state index contributed by atoms with van der Waals surface area (Å²) in [5, 5.41) is 3.07. The van der Waals surface area contributed by atoms with Gasteiger partial charge < -0.3 is 4.90 Å². The van der Waals surface area contributed by atoms with Crippen molar-refractivity contribution in [1.82, 2.24) is 14.2 Å². The lowest BCUT2D eigenvalue weighted by molar-refractivity contribution is -0.127. The summed E-state index contributed by atoms with van der Waals surface area (Å²) in [6.45, 7) is 5.97. The molecule has 0 bridgehead atoms. The maximum absolute atomic E-state index is 12.6. The van der Waals surface area contributed by atoms with Crippen molar-refractivity contribution in [2.45, 2.75) is 37.5 Å². The van der Waals surface area contributed by atoms with Crippen LogP contribution >= 0.6 is 11.3 Å². The molecule has 1 unspecified atom stereocenters. The van der Waals surface area contributed by atoms with Gasteiger partial charge in [-0.05, 0) is 36.6 Å². The topological polar surface area (TPSA) is 70.6 Å². The van der Waals surface area contributed by atoms with E-state index >= 15 is 0 Å². The third kappa shape index (κ3) is 5.12. The molecule has 1 amide bonds. The van der Waals surface area contributed by atoms with E-state index in [9.17, 15) is 13.2 Å². The second kappa shape index (κ2) is 9.65. The molecule has 1 fully saturated rings. The maximum Gasteiger partial charge on any atom is 0.246 e. The number of carbonyl (C=O) groups excluding carboxylic acids is 1. The predicted molar refractivity (Wildman–Crippen MR) is 116 cm³/mol. The largest absolute Gasteiger partial charge is 0.338 e. The molecule has 3 rings (SSSR count). The van der Waals surface area contributed by atoms with E-state index in [4.69, 9.17) is 0 Å². The highest BCUT2D eigenvalue weighted by Gasteiger charge is 2.25. The van der Waals surface area contributed by atoms with Crippen LogP contribution in [0.3, 0.4) is 0 Å². The van der Waals surface area contributed by atoms with Crippen LogP contribution in [0.15, 0.2) is 46.8 Å². The molecule has 1 aromatic heterocycles. The summed E-state index contributed by atoms with van der Waals surface area (Å²) in [5.74, 6) is 0.289. The molecule has 0 N–H and O–H groups in total. The van der Waals surface area contributed by atoms with Crippen molar-refractivity contribution in [3.63, 3.8) is 0 Å². The summed E-state index contributed by atoms with van der Waals surface area (Å²) in [4.78, 5) is 19.1. The van der Waals surface area contributed by atoms with Crippen LogP contribution in [-0.4, -0.2) is 54.7 Å². The van der Waals surface area contributed by atoms with E-state index in [1.54, 1.807) is 47.8 Å². The second-order valence-electron chi connectivity index (χ2n) is 6.99. The lowest BCUT2D eigenvalue weighted by Gasteiger charge is -2.31. The molecule has 6 nitrogen and oxygen atoms in total. The van der Waals surface area contributed by atoms with Crippen LogP contribution in [0.1, 0.15) is 43.2 Å². The fourth-order valence-corrected chi connectivity index (χ4v) is 5.78. The molecule has 2 heterocycles. The van der Waals surface area contributed by atoms with E-state index in [1.807, 2.05) is 30.3 Å². The number of sulfonamides is 1. The lowest BCUT2D eigenvalue weighted by atomic mass is 9.98. The number of likely N-dealkylation sites (tertiary alicyclic amines) is 1. The monoisotopic (exact) mass is 433 g/mol. The van der Waals surface area contributed by atoms with E-state index in [2.05, 4.69) is 4.98 Å². The molecular weight excluding hydrogens is 406 g/mol. The Balaban J connectivity index is 1.64. The fraction of sp³-hybridized carbons (Fsp3) is 0.429. The number of rotatable bonds is 7. The number of carbonyl (C=O) groups is 1. The molecule has 1 atom stereocenters. The highest BCUT2D eigenvalue weighted by atomic mass is 32.2. The first-order chi connectivity index (χ1) is 14.0. The average Bonchev–Trinajstić information content (AvgIpc) is 3.28. The third-order valence-corrected chi connectivity index (χ3v) is 8.18. The zero-order chi connectivity index (χ0) is 20.9. The molecule has 0 spiro atoms. The number of thiazole rings is 1. The highest BCUT2D eigenvalue weighted by Crippen LogP contribution is 2.28. The number of nitrogens with zero attached hydrogens (tertiary/aromatic N) is 3. The van der Waals surface area contributed by atoms with Gasteiger partial charge in [0.2, 0.25) is 15.9 Å². The molecule has 1 aliphatic heterocycles. The first-order valence-electron chi connectivity index (χ1n) is 9.92. The number of amides is 1. The number of hydrogen-bond donors (Lipinski definition) is 0. The second-order valence-corrected chi connectivity index (χ2v) is 9.85. The molecule has 1 aromatic carbocycles. The van der Waals surface area contributed by atoms with Crippen molar-refractivity contribution < 1.29 is 13.2 Å². The zero-order valence-electron chi connectivity index (χ0n) is 16.8. The van der Waals surface area contributed by atoms with Crippen molar-refractivity contribution in [1.29, 1.82) is 0 Å². The van der Waals surface area contributed by atoms with Gasteiger partial charge in [0.05, 0.1) is 9.90 Å². The van der Waals surface area contributed by atoms with Crippen LogP contribution in [0, 0.1) is 0 Å². The first kappa shape index (κ1) is 21.7. The Hall–Kier alpha value is -2.03. The quantitative estimate of drug-likeness (QED) is 0.626. The van der Waals surface area contributed by atoms with Gasteiger partial charge in [-0.25, -0.2) is 13.4 Å². The first-order valence-corrected chi connectivity index (χ1v) is 12.2. The summed E-state index contributed by atoms with van der Waals surface area (Å²) in [5.41, 5.74) is 0.797. The van der Waals surface area contributed by atoms with Crippen LogP contribution in [0.4, 0.5) is 0 Å². The molecule has 29 heavy (non-hydrogen) atoms. The average molecular weight is 434 g/mol. The molecule has 156 valence electrons. The molecule has 8 heteroatoms. The van der Waals surface area contributed by atoms with E-state index in [0.29, 0.717) is 25.6 Å². The van der Waals surface area contributed by atoms with Crippen molar-refractivity contribution in [3.05, 3.63) is 52.5 Å². The van der Waals surface area contributed by atoms with Gasteiger partial charge in [0.15, 0.2) is 0 Å². The van der Waals surface area contributed by atoms with E-state index in [0.717, 1.165) is 30.0 Å². The van der Waals surface area contributed by atoms with Crippen molar-refractivity contribution in [3.8, 4) is 0 Å². The molecule has 0 saturated carbocycles. The van der Waals surface area contributed by atoms with Crippen LogP contribution in [0.25, 0.3) is 6.08 Å². The van der Waals surface area contributed by atoms with Crippen molar-refractivity contribution in [2.24, 2.45) is 0 Å². The smallest absolute Gasteiger partial charge is 0.246 e. The summed E-state index contributed by atoms with van der Waals surface area (Å²) >= 11 is 1.64. The highest BCUT2D eigenvalue weighted by molar-refractivity contribution is 7.89. The van der Waals surface area contributed by atoms with Crippen LogP contribution in [0.2, 0.25) is 0 Å². The molecule has 0 radical (unpaired) electrons. The normalized spacial score (nSPS) is 17.9. The molecule has 1 saturated heterocycles. The van der Waals surface area contributed by atoms with Gasteiger partial charge in [0, 0.05) is 49.7 Å². The number of hydrogen-bond acceptors (Lipinski definition) is 5. The standard InChI is InChI=1S/C21H27N3O3S2/c1-3-24(4-2)29(26,27)19-10-7-17(8-11-19)9-12-20(25)23-14-5-6-18(16-23)21-22-13-15-28-21/h7-13,15,18H,3-6,14,16H2,1-2H3/b12-9+. The minimum Gasteiger partial charge on any atom is -0.338 e. The number of piperidine rings is 1. The van der Waals surface area contributed by atoms with E-state index < -0.39 is 10.0 Å². The van der Waals surface area contributed by atoms with E-state index in [-0.39, 0.29) is 10.8 Å². The lowest BCUT2D eigenvalue weighted by Crippen LogP contribution is -2.38. The van der Waals surface area contributed by atoms with E-state index in [1.165, 1.54) is 4.31 Å². The van der Waals surface area contributed by atoms with Gasteiger partial charge >= 0.3 is 0 Å². The minimum atomic E-state index is -3.46. The van der Waals surface area contributed by atoms with Gasteiger partial charge in [-0.15, -0.1) is 11.3 Å². The SMILES string of the molecule is CCN(CC)S(=O)(=O)c1ccc(/C=C/C(=O)N2CCCC(c3nccs3)C2)cc1. The van der Waals surface area contributed by atoms with Gasteiger partial charge in [0.25, 0.3) is 0 Å². The van der Waals surface area contributed by atoms with Gasteiger partial charge in [-0.3, -0.25) is 4.79 Å². The van der Waals surface area contributed by atoms with Gasteiger partial charge in [0.1, 0.15) is 0 Å². The molecule has 2 aromatic rings. The van der Waals surface area contributed by atoms with Crippen LogP contribution < -0.4 is 0 Å².